The molecule has 1 aliphatic rings. The number of H-pyrrole nitrogens is 2. The van der Waals surface area contributed by atoms with E-state index in [4.69, 9.17) is 0 Å². The van der Waals surface area contributed by atoms with E-state index in [1.165, 1.54) is 6.07 Å². The van der Waals surface area contributed by atoms with Crippen molar-refractivity contribution in [2.45, 2.75) is 36.7 Å². The monoisotopic (exact) mass is 339 g/mol. The van der Waals surface area contributed by atoms with Gasteiger partial charge in [-0.2, -0.15) is 0 Å². The summed E-state index contributed by atoms with van der Waals surface area (Å²) in [5.74, 6) is 0. The number of aromatic nitrogens is 3. The van der Waals surface area contributed by atoms with Gasteiger partial charge in [0.2, 0.25) is 10.0 Å². The standard InChI is InChI=1S/C13H17N5O4S/c1-7-10(3-2-4-14-7)18-23(21,22)8-5-9-11(15-6-8)16-13(20)17-12(9)19/h5-7,10,14,18H,2-4H2,1H3,(H2,15,16,17,19,20). The van der Waals surface area contributed by atoms with Gasteiger partial charge in [0.15, 0.2) is 0 Å². The Morgan fingerprint density at radius 1 is 1.30 bits per heavy atom. The molecule has 2 aromatic rings. The lowest BCUT2D eigenvalue weighted by molar-refractivity contribution is 0.349. The van der Waals surface area contributed by atoms with Crippen molar-refractivity contribution >= 4 is 21.1 Å². The first kappa shape index (κ1) is 15.8. The lowest BCUT2D eigenvalue weighted by Gasteiger charge is -2.30. The smallest absolute Gasteiger partial charge is 0.313 e. The van der Waals surface area contributed by atoms with Gasteiger partial charge >= 0.3 is 5.69 Å². The Morgan fingerprint density at radius 2 is 2.09 bits per heavy atom. The molecule has 3 heterocycles. The summed E-state index contributed by atoms with van der Waals surface area (Å²) in [5, 5.41) is 3.23. The number of fused-ring (bicyclic) bond motifs is 1. The van der Waals surface area contributed by atoms with Crippen molar-refractivity contribution in [3.05, 3.63) is 33.1 Å². The highest BCUT2D eigenvalue weighted by molar-refractivity contribution is 7.89. The van der Waals surface area contributed by atoms with Crippen molar-refractivity contribution in [1.29, 1.82) is 0 Å². The number of sulfonamides is 1. The first-order chi connectivity index (χ1) is 10.9. The zero-order valence-electron chi connectivity index (χ0n) is 12.4. The molecule has 2 atom stereocenters. The van der Waals surface area contributed by atoms with Crippen LogP contribution in [0.15, 0.2) is 26.7 Å². The number of rotatable bonds is 3. The number of pyridine rings is 1. The van der Waals surface area contributed by atoms with Crippen LogP contribution in [0.4, 0.5) is 0 Å². The summed E-state index contributed by atoms with van der Waals surface area (Å²) in [7, 11) is -3.81. The maximum atomic E-state index is 12.5. The van der Waals surface area contributed by atoms with Crippen LogP contribution in [0.2, 0.25) is 0 Å². The maximum absolute atomic E-state index is 12.5. The third-order valence-electron chi connectivity index (χ3n) is 3.94. The van der Waals surface area contributed by atoms with Crippen LogP contribution in [-0.4, -0.2) is 42.0 Å². The number of hydrogen-bond acceptors (Lipinski definition) is 6. The van der Waals surface area contributed by atoms with Gasteiger partial charge in [-0.1, -0.05) is 0 Å². The average Bonchev–Trinajstić information content (AvgIpc) is 2.49. The second-order valence-corrected chi connectivity index (χ2v) is 7.30. The van der Waals surface area contributed by atoms with Crippen molar-refractivity contribution < 1.29 is 8.42 Å². The number of nitrogens with one attached hydrogen (secondary N) is 4. The summed E-state index contributed by atoms with van der Waals surface area (Å²) < 4.78 is 27.7. The highest BCUT2D eigenvalue weighted by atomic mass is 32.2. The molecule has 1 saturated heterocycles. The first-order valence-corrected chi connectivity index (χ1v) is 8.73. The van der Waals surface area contributed by atoms with Crippen molar-refractivity contribution in [2.75, 3.05) is 6.54 Å². The molecule has 124 valence electrons. The zero-order chi connectivity index (χ0) is 16.6. The Balaban J connectivity index is 1.98. The summed E-state index contributed by atoms with van der Waals surface area (Å²) in [6.07, 6.45) is 2.75. The number of nitrogens with zero attached hydrogens (tertiary/aromatic N) is 1. The van der Waals surface area contributed by atoms with E-state index in [1.807, 2.05) is 11.9 Å². The fourth-order valence-electron chi connectivity index (χ4n) is 2.65. The van der Waals surface area contributed by atoms with Gasteiger partial charge in [-0.05, 0) is 32.4 Å². The van der Waals surface area contributed by atoms with E-state index in [1.54, 1.807) is 0 Å². The molecule has 23 heavy (non-hydrogen) atoms. The third-order valence-corrected chi connectivity index (χ3v) is 5.40. The van der Waals surface area contributed by atoms with Crippen LogP contribution in [0.1, 0.15) is 19.8 Å². The van der Waals surface area contributed by atoms with Gasteiger partial charge in [0.25, 0.3) is 5.56 Å². The molecule has 9 nitrogen and oxygen atoms in total. The molecule has 0 radical (unpaired) electrons. The van der Waals surface area contributed by atoms with E-state index in [9.17, 15) is 18.0 Å². The summed E-state index contributed by atoms with van der Waals surface area (Å²) in [5.41, 5.74) is -1.32. The molecule has 2 unspecified atom stereocenters. The van der Waals surface area contributed by atoms with E-state index in [0.717, 1.165) is 25.6 Å². The molecule has 4 N–H and O–H groups in total. The minimum Gasteiger partial charge on any atom is -0.313 e. The predicted octanol–water partition coefficient (Wildman–Crippen LogP) is -0.970. The van der Waals surface area contributed by atoms with E-state index in [-0.39, 0.29) is 28.0 Å². The molecule has 3 rings (SSSR count). The Morgan fingerprint density at radius 3 is 2.83 bits per heavy atom. The summed E-state index contributed by atoms with van der Waals surface area (Å²) in [6.45, 7) is 2.78. The molecule has 0 aromatic carbocycles. The molecule has 0 amide bonds. The van der Waals surface area contributed by atoms with Crippen LogP contribution in [-0.2, 0) is 10.0 Å². The Hall–Kier alpha value is -2.04. The maximum Gasteiger partial charge on any atom is 0.327 e. The second kappa shape index (κ2) is 5.87. The third kappa shape index (κ3) is 3.19. The van der Waals surface area contributed by atoms with Gasteiger partial charge in [0.05, 0.1) is 5.39 Å². The molecule has 0 bridgehead atoms. The average molecular weight is 339 g/mol. The SMILES string of the molecule is CC1NCCCC1NS(=O)(=O)c1cnc2[nH]c(=O)[nH]c(=O)c2c1. The molecule has 1 fully saturated rings. The number of aromatic amines is 2. The Kier molecular flexibility index (Phi) is 4.04. The van der Waals surface area contributed by atoms with Gasteiger partial charge in [-0.3, -0.25) is 14.8 Å². The minimum absolute atomic E-state index is 0.0160. The lowest BCUT2D eigenvalue weighted by atomic mass is 10.0. The highest BCUT2D eigenvalue weighted by Gasteiger charge is 2.27. The summed E-state index contributed by atoms with van der Waals surface area (Å²) >= 11 is 0. The molecule has 2 aromatic heterocycles. The normalized spacial score (nSPS) is 22.3. The Labute approximate surface area is 131 Å². The molecule has 0 saturated carbocycles. The van der Waals surface area contributed by atoms with Crippen molar-refractivity contribution in [1.82, 2.24) is 25.0 Å². The predicted molar refractivity (Wildman–Crippen MR) is 83.8 cm³/mol. The summed E-state index contributed by atoms with van der Waals surface area (Å²) in [6, 6.07) is 1.00. The van der Waals surface area contributed by atoms with Crippen LogP contribution in [0.25, 0.3) is 11.0 Å². The Bertz CT molecular complexity index is 949. The van der Waals surface area contributed by atoms with Gasteiger partial charge in [0.1, 0.15) is 10.5 Å². The fourth-order valence-corrected chi connectivity index (χ4v) is 3.97. The molecular formula is C13H17N5O4S. The fraction of sp³-hybridized carbons (Fsp3) is 0.462. The van der Waals surface area contributed by atoms with Gasteiger partial charge in [0, 0.05) is 18.3 Å². The van der Waals surface area contributed by atoms with E-state index in [2.05, 4.69) is 20.0 Å². The van der Waals surface area contributed by atoms with E-state index in [0.29, 0.717) is 0 Å². The van der Waals surface area contributed by atoms with Gasteiger partial charge in [-0.15, -0.1) is 0 Å². The zero-order valence-corrected chi connectivity index (χ0v) is 13.2. The topological polar surface area (TPSA) is 137 Å². The summed E-state index contributed by atoms with van der Waals surface area (Å²) in [4.78, 5) is 31.1. The second-order valence-electron chi connectivity index (χ2n) is 5.59. The van der Waals surface area contributed by atoms with Crippen LogP contribution in [0.5, 0.6) is 0 Å². The molecule has 10 heteroatoms. The molecule has 0 aliphatic carbocycles. The minimum atomic E-state index is -3.81. The van der Waals surface area contributed by atoms with E-state index < -0.39 is 21.3 Å². The van der Waals surface area contributed by atoms with Gasteiger partial charge in [-0.25, -0.2) is 22.9 Å². The van der Waals surface area contributed by atoms with Crippen LogP contribution >= 0.6 is 0 Å². The quantitative estimate of drug-likeness (QED) is 0.568. The van der Waals surface area contributed by atoms with Crippen molar-refractivity contribution in [2.24, 2.45) is 0 Å². The largest absolute Gasteiger partial charge is 0.327 e. The lowest BCUT2D eigenvalue weighted by Crippen LogP contribution is -2.51. The van der Waals surface area contributed by atoms with Crippen LogP contribution < -0.4 is 21.3 Å². The van der Waals surface area contributed by atoms with E-state index >= 15 is 0 Å². The number of piperidine rings is 1. The van der Waals surface area contributed by atoms with Crippen molar-refractivity contribution in [3.8, 4) is 0 Å². The molecular weight excluding hydrogens is 322 g/mol. The molecule has 1 aliphatic heterocycles. The van der Waals surface area contributed by atoms with Crippen molar-refractivity contribution in [3.63, 3.8) is 0 Å². The van der Waals surface area contributed by atoms with Gasteiger partial charge < -0.3 is 5.32 Å². The number of hydrogen-bond donors (Lipinski definition) is 4. The molecule has 0 spiro atoms. The highest BCUT2D eigenvalue weighted by Crippen LogP contribution is 2.15. The first-order valence-electron chi connectivity index (χ1n) is 7.25. The van der Waals surface area contributed by atoms with Crippen LogP contribution in [0.3, 0.4) is 0 Å². The van der Waals surface area contributed by atoms with Crippen LogP contribution in [0, 0.1) is 0 Å².